The summed E-state index contributed by atoms with van der Waals surface area (Å²) in [5.41, 5.74) is -0.576. The third kappa shape index (κ3) is 2.64. The average molecular weight is 296 g/mol. The molecule has 0 atom stereocenters. The van der Waals surface area contributed by atoms with Crippen LogP contribution >= 0.6 is 0 Å². The summed E-state index contributed by atoms with van der Waals surface area (Å²) in [4.78, 5) is 10.8. The fraction of sp³-hybridized carbons (Fsp3) is 0.0769. The van der Waals surface area contributed by atoms with Crippen LogP contribution in [-0.4, -0.2) is 15.0 Å². The van der Waals surface area contributed by atoms with Crippen molar-refractivity contribution in [3.8, 4) is 0 Å². The van der Waals surface area contributed by atoms with Crippen LogP contribution in [0.1, 0.15) is 5.56 Å². The molecule has 0 bridgehead atoms. The van der Waals surface area contributed by atoms with E-state index in [0.717, 1.165) is 12.1 Å². The van der Waals surface area contributed by atoms with E-state index in [4.69, 9.17) is 0 Å². The van der Waals surface area contributed by atoms with Crippen LogP contribution in [-0.2, 0) is 6.18 Å². The van der Waals surface area contributed by atoms with Crippen LogP contribution in [0.2, 0.25) is 0 Å². The molecule has 4 nitrogen and oxygen atoms in total. The average Bonchev–Trinajstić information content (AvgIpc) is 2.86. The predicted molar refractivity (Wildman–Crippen MR) is 68.6 cm³/mol. The van der Waals surface area contributed by atoms with Gasteiger partial charge < -0.3 is 10.3 Å². The van der Waals surface area contributed by atoms with Gasteiger partial charge in [0, 0.05) is 11.9 Å². The van der Waals surface area contributed by atoms with Crippen molar-refractivity contribution < 1.29 is 17.6 Å². The predicted octanol–water partition coefficient (Wildman–Crippen LogP) is 3.86. The number of benzene rings is 1. The highest BCUT2D eigenvalue weighted by atomic mass is 19.4. The number of nitrogens with zero attached hydrogens (tertiary/aromatic N) is 2. The fourth-order valence-corrected chi connectivity index (χ4v) is 1.93. The monoisotopic (exact) mass is 296 g/mol. The van der Waals surface area contributed by atoms with Gasteiger partial charge in [0.2, 0.25) is 0 Å². The van der Waals surface area contributed by atoms with Gasteiger partial charge in [0.1, 0.15) is 23.6 Å². The van der Waals surface area contributed by atoms with Gasteiger partial charge in [0.05, 0.1) is 10.9 Å². The highest BCUT2D eigenvalue weighted by molar-refractivity contribution is 5.88. The summed E-state index contributed by atoms with van der Waals surface area (Å²) in [6.45, 7) is 0. The topological polar surface area (TPSA) is 53.6 Å². The third-order valence-electron chi connectivity index (χ3n) is 2.84. The van der Waals surface area contributed by atoms with Crippen molar-refractivity contribution in [2.45, 2.75) is 6.18 Å². The van der Waals surface area contributed by atoms with E-state index in [-0.39, 0.29) is 5.69 Å². The quantitative estimate of drug-likeness (QED) is 0.706. The van der Waals surface area contributed by atoms with E-state index < -0.39 is 17.6 Å². The van der Waals surface area contributed by atoms with Crippen LogP contribution in [0.15, 0.2) is 36.8 Å². The molecule has 0 radical (unpaired) electrons. The number of aromatic nitrogens is 3. The van der Waals surface area contributed by atoms with Gasteiger partial charge in [-0.3, -0.25) is 0 Å². The lowest BCUT2D eigenvalue weighted by atomic mass is 10.2. The van der Waals surface area contributed by atoms with Crippen LogP contribution in [0, 0.1) is 5.82 Å². The van der Waals surface area contributed by atoms with Crippen LogP contribution in [0.25, 0.3) is 11.0 Å². The Morgan fingerprint density at radius 1 is 1.10 bits per heavy atom. The Hall–Kier alpha value is -2.64. The molecule has 108 valence electrons. The maximum atomic E-state index is 13.3. The summed E-state index contributed by atoms with van der Waals surface area (Å²) in [6.07, 6.45) is -1.74. The summed E-state index contributed by atoms with van der Waals surface area (Å²) in [7, 11) is 0. The number of H-pyrrole nitrogens is 1. The highest BCUT2D eigenvalue weighted by Gasteiger charge is 2.31. The molecule has 0 fully saturated rings. The Morgan fingerprint density at radius 2 is 1.90 bits per heavy atom. The van der Waals surface area contributed by atoms with Crippen molar-refractivity contribution in [3.05, 3.63) is 48.2 Å². The van der Waals surface area contributed by atoms with Crippen molar-refractivity contribution >= 4 is 22.5 Å². The highest BCUT2D eigenvalue weighted by Crippen LogP contribution is 2.32. The Balaban J connectivity index is 2.02. The summed E-state index contributed by atoms with van der Waals surface area (Å²) < 4.78 is 51.3. The first-order valence-electron chi connectivity index (χ1n) is 5.86. The van der Waals surface area contributed by atoms with E-state index in [0.29, 0.717) is 22.9 Å². The molecular formula is C13H8F4N4. The molecule has 0 spiro atoms. The lowest BCUT2D eigenvalue weighted by Crippen LogP contribution is -2.06. The van der Waals surface area contributed by atoms with Crippen LogP contribution in [0.3, 0.4) is 0 Å². The lowest BCUT2D eigenvalue weighted by molar-refractivity contribution is -0.137. The second-order valence-corrected chi connectivity index (χ2v) is 4.31. The normalized spacial score (nSPS) is 11.8. The molecule has 2 N–H and O–H groups in total. The van der Waals surface area contributed by atoms with Crippen molar-refractivity contribution in [2.24, 2.45) is 0 Å². The second kappa shape index (κ2) is 4.72. The zero-order chi connectivity index (χ0) is 15.0. The molecule has 1 aromatic carbocycles. The molecule has 0 aliphatic heterocycles. The zero-order valence-corrected chi connectivity index (χ0v) is 10.4. The maximum absolute atomic E-state index is 13.3. The third-order valence-corrected chi connectivity index (χ3v) is 2.84. The minimum absolute atomic E-state index is 0.0384. The Kier molecular flexibility index (Phi) is 3.00. The van der Waals surface area contributed by atoms with Crippen molar-refractivity contribution in [1.29, 1.82) is 0 Å². The molecule has 0 aliphatic carbocycles. The molecule has 0 saturated heterocycles. The first-order chi connectivity index (χ1) is 9.93. The Morgan fingerprint density at radius 3 is 2.67 bits per heavy atom. The Bertz CT molecular complexity index is 794. The molecule has 0 saturated carbocycles. The molecule has 0 aliphatic rings. The SMILES string of the molecule is Fc1cc(Nc2ncnc3[nH]ccc23)cc(C(F)(F)F)c1. The number of rotatable bonds is 2. The van der Waals surface area contributed by atoms with Crippen LogP contribution in [0.5, 0.6) is 0 Å². The van der Waals surface area contributed by atoms with Gasteiger partial charge in [-0.05, 0) is 24.3 Å². The molecule has 0 amide bonds. The van der Waals surface area contributed by atoms with E-state index in [9.17, 15) is 17.6 Å². The smallest absolute Gasteiger partial charge is 0.346 e. The molecular weight excluding hydrogens is 288 g/mol. The van der Waals surface area contributed by atoms with Gasteiger partial charge in [-0.15, -0.1) is 0 Å². The molecule has 8 heteroatoms. The number of hydrogen-bond acceptors (Lipinski definition) is 3. The molecule has 21 heavy (non-hydrogen) atoms. The van der Waals surface area contributed by atoms with Gasteiger partial charge in [0.25, 0.3) is 0 Å². The fourth-order valence-electron chi connectivity index (χ4n) is 1.93. The van der Waals surface area contributed by atoms with Crippen molar-refractivity contribution in [2.75, 3.05) is 5.32 Å². The van der Waals surface area contributed by atoms with Gasteiger partial charge in [-0.25, -0.2) is 14.4 Å². The van der Waals surface area contributed by atoms with Gasteiger partial charge in [0.15, 0.2) is 0 Å². The standard InChI is InChI=1S/C13H8F4N4/c14-8-3-7(13(15,16)17)4-9(5-8)21-12-10-1-2-18-11(10)19-6-20-12/h1-6H,(H2,18,19,20,21). The van der Waals surface area contributed by atoms with Gasteiger partial charge in [-0.1, -0.05) is 0 Å². The first-order valence-corrected chi connectivity index (χ1v) is 5.86. The molecule has 0 unspecified atom stereocenters. The van der Waals surface area contributed by atoms with E-state index in [2.05, 4.69) is 20.3 Å². The minimum Gasteiger partial charge on any atom is -0.346 e. The Labute approximate surface area is 115 Å². The summed E-state index contributed by atoms with van der Waals surface area (Å²) in [5.74, 6) is -0.688. The largest absolute Gasteiger partial charge is 0.416 e. The number of anilines is 2. The molecule has 3 aromatic rings. The summed E-state index contributed by atoms with van der Waals surface area (Å²) in [6, 6.07) is 3.90. The molecule has 3 rings (SSSR count). The summed E-state index contributed by atoms with van der Waals surface area (Å²) >= 11 is 0. The first kappa shape index (κ1) is 13.3. The van der Waals surface area contributed by atoms with E-state index in [1.807, 2.05) is 0 Å². The zero-order valence-electron chi connectivity index (χ0n) is 10.4. The van der Waals surface area contributed by atoms with Crippen molar-refractivity contribution in [1.82, 2.24) is 15.0 Å². The number of halogens is 4. The lowest BCUT2D eigenvalue weighted by Gasteiger charge is -2.11. The number of aromatic amines is 1. The van der Waals surface area contributed by atoms with Crippen LogP contribution < -0.4 is 5.32 Å². The van der Waals surface area contributed by atoms with Gasteiger partial charge in [-0.2, -0.15) is 13.2 Å². The maximum Gasteiger partial charge on any atom is 0.416 e. The van der Waals surface area contributed by atoms with E-state index >= 15 is 0 Å². The number of fused-ring (bicyclic) bond motifs is 1. The van der Waals surface area contributed by atoms with E-state index in [1.165, 1.54) is 6.33 Å². The van der Waals surface area contributed by atoms with Crippen LogP contribution in [0.4, 0.5) is 29.1 Å². The van der Waals surface area contributed by atoms with Crippen molar-refractivity contribution in [3.63, 3.8) is 0 Å². The number of alkyl halides is 3. The molecule has 2 aromatic heterocycles. The van der Waals surface area contributed by atoms with E-state index in [1.54, 1.807) is 12.3 Å². The molecule has 2 heterocycles. The second-order valence-electron chi connectivity index (χ2n) is 4.31. The van der Waals surface area contributed by atoms with Gasteiger partial charge >= 0.3 is 6.18 Å². The minimum atomic E-state index is -4.62. The number of hydrogen-bond donors (Lipinski definition) is 2. The number of nitrogens with one attached hydrogen (secondary N) is 2. The summed E-state index contributed by atoms with van der Waals surface area (Å²) in [5, 5.41) is 3.27.